The van der Waals surface area contributed by atoms with Gasteiger partial charge >= 0.3 is 12.0 Å². The number of amides is 3. The number of imide groups is 1. The molecule has 92 valence electrons. The highest BCUT2D eigenvalue weighted by molar-refractivity contribution is 5.96. The third kappa shape index (κ3) is 5.30. The lowest BCUT2D eigenvalue weighted by Gasteiger charge is -2.19. The van der Waals surface area contributed by atoms with Crippen molar-refractivity contribution in [2.75, 3.05) is 13.7 Å². The van der Waals surface area contributed by atoms with Crippen LogP contribution in [0.5, 0.6) is 0 Å². The van der Waals surface area contributed by atoms with Crippen LogP contribution in [0.3, 0.4) is 0 Å². The van der Waals surface area contributed by atoms with Crippen LogP contribution >= 0.6 is 0 Å². The molecule has 0 saturated heterocycles. The minimum Gasteiger partial charge on any atom is -0.450 e. The second-order valence-corrected chi connectivity index (χ2v) is 3.44. The van der Waals surface area contributed by atoms with Crippen LogP contribution in [0.4, 0.5) is 4.79 Å². The number of methoxy groups -OCH3 is 1. The highest BCUT2D eigenvalue weighted by atomic mass is 16.6. The molecule has 0 aromatic rings. The van der Waals surface area contributed by atoms with Gasteiger partial charge in [-0.15, -0.1) is 0 Å². The lowest BCUT2D eigenvalue weighted by atomic mass is 10.1. The van der Waals surface area contributed by atoms with Gasteiger partial charge in [-0.1, -0.05) is 13.8 Å². The summed E-state index contributed by atoms with van der Waals surface area (Å²) in [6.07, 6.45) is -1.06. The topological polar surface area (TPSA) is 108 Å². The Labute approximate surface area is 93.3 Å². The predicted octanol–water partition coefficient (Wildman–Crippen LogP) is -0.604. The molecule has 7 nitrogen and oxygen atoms in total. The fourth-order valence-electron chi connectivity index (χ4n) is 0.978. The van der Waals surface area contributed by atoms with E-state index in [4.69, 9.17) is 10.5 Å². The Morgan fingerprint density at radius 2 is 1.88 bits per heavy atom. The molecule has 7 heteroatoms. The summed E-state index contributed by atoms with van der Waals surface area (Å²) in [4.78, 5) is 33.0. The van der Waals surface area contributed by atoms with Crippen LogP contribution in [-0.4, -0.2) is 37.7 Å². The molecule has 0 aromatic heterocycles. The highest BCUT2D eigenvalue weighted by Crippen LogP contribution is 2.07. The van der Waals surface area contributed by atoms with Gasteiger partial charge in [-0.2, -0.15) is 0 Å². The number of hydrogen-bond donors (Lipinski definition) is 2. The maximum absolute atomic E-state index is 11.4. The van der Waals surface area contributed by atoms with Crippen molar-refractivity contribution in [3.8, 4) is 0 Å². The summed E-state index contributed by atoms with van der Waals surface area (Å²) in [5.74, 6) is -1.70. The number of ether oxygens (including phenoxy) is 2. The standard InChI is InChI=1S/C9H16N2O5/c1-5(2)7(8(13)11-9(10)14)16-6(12)4-15-3/h5,7H,4H2,1-3H3,(H3,10,11,13,14)/t7-/m1/s1. The highest BCUT2D eigenvalue weighted by Gasteiger charge is 2.27. The Hall–Kier alpha value is -1.63. The van der Waals surface area contributed by atoms with Gasteiger partial charge in [-0.05, 0) is 5.92 Å². The molecule has 0 radical (unpaired) electrons. The number of esters is 1. The van der Waals surface area contributed by atoms with Crippen LogP contribution in [0.1, 0.15) is 13.8 Å². The van der Waals surface area contributed by atoms with Crippen molar-refractivity contribution in [2.45, 2.75) is 20.0 Å². The molecule has 0 heterocycles. The van der Waals surface area contributed by atoms with Crippen molar-refractivity contribution in [1.82, 2.24) is 5.32 Å². The zero-order chi connectivity index (χ0) is 12.7. The monoisotopic (exact) mass is 232 g/mol. The van der Waals surface area contributed by atoms with E-state index in [-0.39, 0.29) is 12.5 Å². The predicted molar refractivity (Wildman–Crippen MR) is 54.3 cm³/mol. The number of primary amides is 1. The molecule has 0 rings (SSSR count). The van der Waals surface area contributed by atoms with Gasteiger partial charge in [0, 0.05) is 7.11 Å². The zero-order valence-corrected chi connectivity index (χ0v) is 9.48. The first-order valence-electron chi connectivity index (χ1n) is 4.67. The third-order valence-corrected chi connectivity index (χ3v) is 1.63. The molecule has 1 atom stereocenters. The molecule has 0 saturated carbocycles. The molecular weight excluding hydrogens is 216 g/mol. The van der Waals surface area contributed by atoms with Crippen LogP contribution < -0.4 is 11.1 Å². The van der Waals surface area contributed by atoms with Crippen molar-refractivity contribution >= 4 is 17.9 Å². The van der Waals surface area contributed by atoms with E-state index in [0.717, 1.165) is 0 Å². The number of rotatable bonds is 5. The van der Waals surface area contributed by atoms with Crippen molar-refractivity contribution in [2.24, 2.45) is 11.7 Å². The summed E-state index contributed by atoms with van der Waals surface area (Å²) in [5, 5.41) is 1.85. The molecule has 16 heavy (non-hydrogen) atoms. The van der Waals surface area contributed by atoms with Crippen LogP contribution in [0.25, 0.3) is 0 Å². The van der Waals surface area contributed by atoms with E-state index in [1.165, 1.54) is 7.11 Å². The van der Waals surface area contributed by atoms with Crippen molar-refractivity contribution in [3.05, 3.63) is 0 Å². The zero-order valence-electron chi connectivity index (χ0n) is 9.48. The van der Waals surface area contributed by atoms with Gasteiger partial charge in [-0.25, -0.2) is 9.59 Å². The van der Waals surface area contributed by atoms with Crippen molar-refractivity contribution in [1.29, 1.82) is 0 Å². The van der Waals surface area contributed by atoms with Gasteiger partial charge in [0.1, 0.15) is 6.61 Å². The third-order valence-electron chi connectivity index (χ3n) is 1.63. The lowest BCUT2D eigenvalue weighted by Crippen LogP contribution is -2.45. The van der Waals surface area contributed by atoms with E-state index in [0.29, 0.717) is 0 Å². The quantitative estimate of drug-likeness (QED) is 0.615. The maximum atomic E-state index is 11.4. The van der Waals surface area contributed by atoms with Crippen molar-refractivity contribution < 1.29 is 23.9 Å². The fraction of sp³-hybridized carbons (Fsp3) is 0.667. The largest absolute Gasteiger partial charge is 0.450 e. The summed E-state index contributed by atoms with van der Waals surface area (Å²) in [6.45, 7) is 3.09. The van der Waals surface area contributed by atoms with E-state index in [1.807, 2.05) is 5.32 Å². The van der Waals surface area contributed by atoms with Crippen molar-refractivity contribution in [3.63, 3.8) is 0 Å². The van der Waals surface area contributed by atoms with Gasteiger partial charge < -0.3 is 15.2 Å². The Morgan fingerprint density at radius 1 is 1.31 bits per heavy atom. The minimum absolute atomic E-state index is 0.257. The maximum Gasteiger partial charge on any atom is 0.332 e. The van der Waals surface area contributed by atoms with E-state index in [1.54, 1.807) is 13.8 Å². The van der Waals surface area contributed by atoms with Crippen LogP contribution in [0, 0.1) is 5.92 Å². The number of nitrogens with one attached hydrogen (secondary N) is 1. The molecule has 0 bridgehead atoms. The summed E-state index contributed by atoms with van der Waals surface area (Å²) in [5.41, 5.74) is 4.78. The number of nitrogens with two attached hydrogens (primary N) is 1. The first-order chi connectivity index (χ1) is 7.38. The molecule has 0 spiro atoms. The minimum atomic E-state index is -1.06. The molecule has 0 aliphatic carbocycles. The normalized spacial score (nSPS) is 12.0. The molecule has 0 aromatic carbocycles. The molecule has 3 amide bonds. The van der Waals surface area contributed by atoms with E-state index < -0.39 is 24.0 Å². The molecule has 0 aliphatic rings. The molecular formula is C9H16N2O5. The fourth-order valence-corrected chi connectivity index (χ4v) is 0.978. The smallest absolute Gasteiger partial charge is 0.332 e. The number of carbonyl (C=O) groups excluding carboxylic acids is 3. The van der Waals surface area contributed by atoms with E-state index >= 15 is 0 Å². The van der Waals surface area contributed by atoms with Crippen LogP contribution in [-0.2, 0) is 19.1 Å². The van der Waals surface area contributed by atoms with Crippen LogP contribution in [0.2, 0.25) is 0 Å². The lowest BCUT2D eigenvalue weighted by molar-refractivity contribution is -0.161. The van der Waals surface area contributed by atoms with Crippen LogP contribution in [0.15, 0.2) is 0 Å². The second-order valence-electron chi connectivity index (χ2n) is 3.44. The van der Waals surface area contributed by atoms with Gasteiger partial charge in [0.15, 0.2) is 6.10 Å². The summed E-state index contributed by atoms with van der Waals surface area (Å²) in [6, 6.07) is -0.988. The average Bonchev–Trinajstić information content (AvgIpc) is 2.12. The first-order valence-corrected chi connectivity index (χ1v) is 4.67. The Morgan fingerprint density at radius 3 is 2.25 bits per heavy atom. The molecule has 0 unspecified atom stereocenters. The van der Waals surface area contributed by atoms with Gasteiger partial charge in [-0.3, -0.25) is 10.1 Å². The summed E-state index contributed by atoms with van der Waals surface area (Å²) < 4.78 is 9.38. The van der Waals surface area contributed by atoms with Gasteiger partial charge in [0.25, 0.3) is 5.91 Å². The Bertz CT molecular complexity index is 277. The number of carbonyl (C=O) groups is 3. The average molecular weight is 232 g/mol. The molecule has 3 N–H and O–H groups in total. The van der Waals surface area contributed by atoms with Gasteiger partial charge in [0.05, 0.1) is 0 Å². The SMILES string of the molecule is COCC(=O)O[C@@H](C(=O)NC(N)=O)C(C)C. The number of urea groups is 1. The Balaban J connectivity index is 4.43. The second kappa shape index (κ2) is 6.78. The summed E-state index contributed by atoms with van der Waals surface area (Å²) >= 11 is 0. The first kappa shape index (κ1) is 14.4. The van der Waals surface area contributed by atoms with E-state index in [9.17, 15) is 14.4 Å². The summed E-state index contributed by atoms with van der Waals surface area (Å²) in [7, 11) is 1.33. The molecule has 0 aliphatic heterocycles. The Kier molecular flexibility index (Phi) is 6.09. The number of hydrogen-bond acceptors (Lipinski definition) is 5. The van der Waals surface area contributed by atoms with E-state index in [2.05, 4.69) is 4.74 Å². The molecule has 0 fully saturated rings. The van der Waals surface area contributed by atoms with Gasteiger partial charge in [0.2, 0.25) is 0 Å².